The predicted octanol–water partition coefficient (Wildman–Crippen LogP) is 1.78. The van der Waals surface area contributed by atoms with Crippen LogP contribution in [0.25, 0.3) is 0 Å². The van der Waals surface area contributed by atoms with E-state index in [2.05, 4.69) is 25.7 Å². The van der Waals surface area contributed by atoms with Crippen molar-refractivity contribution in [2.75, 3.05) is 11.9 Å². The number of aryl methyl sites for hydroxylation is 1. The van der Waals surface area contributed by atoms with Crippen molar-refractivity contribution in [1.29, 1.82) is 0 Å². The lowest BCUT2D eigenvalue weighted by Gasteiger charge is -2.33. The monoisotopic (exact) mass is 403 g/mol. The Hall–Kier alpha value is -2.57. The molecule has 0 saturated heterocycles. The molecule has 3 rings (SSSR count). The second-order valence-corrected chi connectivity index (χ2v) is 7.15. The van der Waals surface area contributed by atoms with Gasteiger partial charge in [-0.1, -0.05) is 11.3 Å². The van der Waals surface area contributed by atoms with Crippen LogP contribution in [0.2, 0.25) is 0 Å². The molecule has 0 fully saturated rings. The van der Waals surface area contributed by atoms with Crippen LogP contribution >= 0.6 is 11.3 Å². The first-order chi connectivity index (χ1) is 12.7. The molecule has 0 spiro atoms. The van der Waals surface area contributed by atoms with Crippen LogP contribution < -0.4 is 5.32 Å². The smallest absolute Gasteiger partial charge is 0.331 e. The summed E-state index contributed by atoms with van der Waals surface area (Å²) in [7, 11) is 0. The number of anilines is 1. The molecule has 2 aromatic rings. The van der Waals surface area contributed by atoms with E-state index in [0.29, 0.717) is 10.1 Å². The van der Waals surface area contributed by atoms with E-state index >= 15 is 0 Å². The lowest BCUT2D eigenvalue weighted by molar-refractivity contribution is -0.148. The number of halogens is 3. The first-order valence-electron chi connectivity index (χ1n) is 8.06. The minimum absolute atomic E-state index is 0.0521. The Bertz CT molecular complexity index is 863. The lowest BCUT2D eigenvalue weighted by atomic mass is 10.1. The normalized spacial score (nSPS) is 16.9. The van der Waals surface area contributed by atoms with E-state index < -0.39 is 18.0 Å². The fourth-order valence-corrected chi connectivity index (χ4v) is 3.44. The molecule has 1 unspecified atom stereocenters. The van der Waals surface area contributed by atoms with Crippen LogP contribution in [0.3, 0.4) is 0 Å². The number of carbonyl (C=O) groups is 2. The van der Waals surface area contributed by atoms with Crippen LogP contribution in [0.5, 0.6) is 0 Å². The number of aromatic nitrogens is 5. The minimum atomic E-state index is -4.60. The Kier molecular flexibility index (Phi) is 5.13. The number of amides is 2. The maximum Gasteiger partial charge on any atom is 0.451 e. The first-order valence-corrected chi connectivity index (χ1v) is 8.88. The largest absolute Gasteiger partial charge is 0.451 e. The molecule has 146 valence electrons. The quantitative estimate of drug-likeness (QED) is 0.834. The molecule has 2 amide bonds. The van der Waals surface area contributed by atoms with Gasteiger partial charge in [0.25, 0.3) is 0 Å². The van der Waals surface area contributed by atoms with Gasteiger partial charge in [-0.25, -0.2) is 0 Å². The molecule has 0 aliphatic carbocycles. The molecule has 1 aliphatic heterocycles. The topological polar surface area (TPSA) is 106 Å². The summed E-state index contributed by atoms with van der Waals surface area (Å²) >= 11 is 1.22. The number of hydrogen-bond acceptors (Lipinski definition) is 7. The van der Waals surface area contributed by atoms with Gasteiger partial charge in [0.2, 0.25) is 22.8 Å². The van der Waals surface area contributed by atoms with Gasteiger partial charge in [0, 0.05) is 25.9 Å². The molecule has 13 heteroatoms. The van der Waals surface area contributed by atoms with Crippen molar-refractivity contribution in [3.63, 3.8) is 0 Å². The van der Waals surface area contributed by atoms with Gasteiger partial charge in [0.1, 0.15) is 5.01 Å². The number of nitrogens with zero attached hydrogens (tertiary/aromatic N) is 6. The molecule has 1 N–H and O–H groups in total. The molecular weight excluding hydrogens is 387 g/mol. The van der Waals surface area contributed by atoms with E-state index in [0.717, 1.165) is 4.57 Å². The fraction of sp³-hybridized carbons (Fsp3) is 0.571. The van der Waals surface area contributed by atoms with Crippen molar-refractivity contribution in [2.24, 2.45) is 0 Å². The second kappa shape index (κ2) is 7.21. The summed E-state index contributed by atoms with van der Waals surface area (Å²) in [6.45, 7) is 3.37. The van der Waals surface area contributed by atoms with Crippen LogP contribution in [-0.2, 0) is 22.3 Å². The van der Waals surface area contributed by atoms with Crippen molar-refractivity contribution in [3.8, 4) is 0 Å². The van der Waals surface area contributed by atoms with Crippen molar-refractivity contribution in [3.05, 3.63) is 16.7 Å². The Balaban J connectivity index is 1.59. The first kappa shape index (κ1) is 19.2. The average molecular weight is 403 g/mol. The Morgan fingerprint density at radius 2 is 1.93 bits per heavy atom. The average Bonchev–Trinajstić information content (AvgIpc) is 3.19. The number of alkyl halides is 3. The predicted molar refractivity (Wildman–Crippen MR) is 87.7 cm³/mol. The van der Waals surface area contributed by atoms with Gasteiger partial charge in [-0.2, -0.15) is 13.2 Å². The summed E-state index contributed by atoms with van der Waals surface area (Å²) in [4.78, 5) is 25.7. The van der Waals surface area contributed by atoms with E-state index in [9.17, 15) is 22.8 Å². The van der Waals surface area contributed by atoms with Crippen molar-refractivity contribution >= 4 is 28.3 Å². The lowest BCUT2D eigenvalue weighted by Crippen LogP contribution is -2.42. The molecule has 27 heavy (non-hydrogen) atoms. The zero-order valence-corrected chi connectivity index (χ0v) is 15.3. The Labute approximate surface area is 155 Å². The molecule has 0 aromatic carbocycles. The van der Waals surface area contributed by atoms with Gasteiger partial charge in [0.05, 0.1) is 6.04 Å². The highest BCUT2D eigenvalue weighted by Crippen LogP contribution is 2.32. The van der Waals surface area contributed by atoms with Crippen molar-refractivity contribution in [1.82, 2.24) is 29.9 Å². The van der Waals surface area contributed by atoms with Crippen molar-refractivity contribution in [2.45, 2.75) is 45.5 Å². The number of hydrogen-bond donors (Lipinski definition) is 1. The Morgan fingerprint density at radius 3 is 2.56 bits per heavy atom. The molecule has 0 radical (unpaired) electrons. The summed E-state index contributed by atoms with van der Waals surface area (Å²) < 4.78 is 39.8. The molecule has 1 aliphatic rings. The maximum absolute atomic E-state index is 12.9. The van der Waals surface area contributed by atoms with Crippen LogP contribution in [-0.4, -0.2) is 48.2 Å². The third-order valence-electron chi connectivity index (χ3n) is 4.10. The molecule has 9 nitrogen and oxygen atoms in total. The maximum atomic E-state index is 12.9. The van der Waals surface area contributed by atoms with Crippen LogP contribution in [0.1, 0.15) is 42.5 Å². The fourth-order valence-electron chi connectivity index (χ4n) is 2.83. The van der Waals surface area contributed by atoms with E-state index in [1.807, 2.05) is 0 Å². The third-order valence-corrected chi connectivity index (χ3v) is 4.85. The Morgan fingerprint density at radius 1 is 1.19 bits per heavy atom. The summed E-state index contributed by atoms with van der Waals surface area (Å²) in [6.07, 6.45) is -4.74. The highest BCUT2D eigenvalue weighted by molar-refractivity contribution is 7.15. The van der Waals surface area contributed by atoms with Gasteiger partial charge in [0.15, 0.2) is 5.82 Å². The number of rotatable bonds is 4. The molecule has 0 saturated carbocycles. The zero-order chi connectivity index (χ0) is 19.8. The van der Waals surface area contributed by atoms with E-state index in [1.165, 1.54) is 16.2 Å². The van der Waals surface area contributed by atoms with E-state index in [4.69, 9.17) is 0 Å². The second-order valence-electron chi connectivity index (χ2n) is 5.97. The summed E-state index contributed by atoms with van der Waals surface area (Å²) in [5.41, 5.74) is 0. The molecule has 2 aromatic heterocycles. The SMILES string of the molecule is Cc1nnc(NC(=O)CCC(=O)N2CCn3c(nnc3C(F)(F)F)C2C)s1. The van der Waals surface area contributed by atoms with Crippen LogP contribution in [0.4, 0.5) is 18.3 Å². The van der Waals surface area contributed by atoms with E-state index in [-0.39, 0.29) is 43.6 Å². The number of carbonyl (C=O) groups excluding carboxylic acids is 2. The van der Waals surface area contributed by atoms with Gasteiger partial charge in [-0.15, -0.1) is 20.4 Å². The van der Waals surface area contributed by atoms with Gasteiger partial charge >= 0.3 is 6.18 Å². The molecule has 1 atom stereocenters. The highest BCUT2D eigenvalue weighted by atomic mass is 32.1. The standard InChI is InChI=1S/C14H16F3N7O2S/c1-7-11-20-21-12(14(15,16)17)24(11)6-5-23(7)10(26)4-3-9(25)18-13-22-19-8(2)27-13/h7H,3-6H2,1-2H3,(H,18,22,25). The minimum Gasteiger partial charge on any atom is -0.331 e. The number of nitrogens with one attached hydrogen (secondary N) is 1. The summed E-state index contributed by atoms with van der Waals surface area (Å²) in [6, 6.07) is -0.663. The molecule has 3 heterocycles. The van der Waals surface area contributed by atoms with E-state index in [1.54, 1.807) is 13.8 Å². The van der Waals surface area contributed by atoms with Crippen LogP contribution in [0.15, 0.2) is 0 Å². The van der Waals surface area contributed by atoms with Gasteiger partial charge in [-0.3, -0.25) is 9.59 Å². The van der Waals surface area contributed by atoms with Crippen LogP contribution in [0, 0.1) is 6.92 Å². The van der Waals surface area contributed by atoms with Gasteiger partial charge in [-0.05, 0) is 13.8 Å². The third kappa shape index (κ3) is 4.07. The highest BCUT2D eigenvalue weighted by Gasteiger charge is 2.41. The summed E-state index contributed by atoms with van der Waals surface area (Å²) in [5, 5.41) is 17.9. The summed E-state index contributed by atoms with van der Waals surface area (Å²) in [5.74, 6) is -1.71. The molecule has 0 bridgehead atoms. The zero-order valence-electron chi connectivity index (χ0n) is 14.4. The van der Waals surface area contributed by atoms with Gasteiger partial charge < -0.3 is 14.8 Å². The molecular formula is C14H16F3N7O2S. The van der Waals surface area contributed by atoms with Crippen molar-refractivity contribution < 1.29 is 22.8 Å². The number of fused-ring (bicyclic) bond motifs is 1.